The molecule has 0 spiro atoms. The zero-order valence-corrected chi connectivity index (χ0v) is 13.2. The molecule has 0 fully saturated rings. The number of thiophene rings is 1. The lowest BCUT2D eigenvalue weighted by atomic mass is 10.2. The van der Waals surface area contributed by atoms with Gasteiger partial charge >= 0.3 is 0 Å². The molecule has 0 atom stereocenters. The molecular formula is C15H18BrNS. The summed E-state index contributed by atoms with van der Waals surface area (Å²) < 4.78 is 1.15. The minimum Gasteiger partial charge on any atom is -0.292 e. The Kier molecular flexibility index (Phi) is 4.98. The van der Waals surface area contributed by atoms with E-state index in [0.717, 1.165) is 17.6 Å². The maximum absolute atomic E-state index is 3.53. The first kappa shape index (κ1) is 13.8. The fourth-order valence-corrected chi connectivity index (χ4v) is 3.07. The lowest BCUT2D eigenvalue weighted by Gasteiger charge is -2.26. The van der Waals surface area contributed by atoms with Crippen LogP contribution in [0.3, 0.4) is 0 Å². The summed E-state index contributed by atoms with van der Waals surface area (Å²) in [6, 6.07) is 13.4. The molecule has 0 N–H and O–H groups in total. The van der Waals surface area contributed by atoms with Crippen LogP contribution in [0.25, 0.3) is 0 Å². The molecule has 1 aromatic heterocycles. The van der Waals surface area contributed by atoms with Crippen LogP contribution < -0.4 is 0 Å². The SMILES string of the molecule is CC(C)N(Cc1cccc(Br)c1)Cc1cccs1. The van der Waals surface area contributed by atoms with Gasteiger partial charge in [0.05, 0.1) is 0 Å². The maximum Gasteiger partial charge on any atom is 0.0334 e. The zero-order chi connectivity index (χ0) is 13.0. The molecule has 1 nitrogen and oxygen atoms in total. The van der Waals surface area contributed by atoms with E-state index < -0.39 is 0 Å². The predicted octanol–water partition coefficient (Wildman–Crippen LogP) is 4.92. The highest BCUT2D eigenvalue weighted by Crippen LogP contribution is 2.18. The van der Waals surface area contributed by atoms with Gasteiger partial charge in [0.2, 0.25) is 0 Å². The van der Waals surface area contributed by atoms with Gasteiger partial charge in [0.25, 0.3) is 0 Å². The molecule has 1 aromatic carbocycles. The highest BCUT2D eigenvalue weighted by atomic mass is 79.9. The molecule has 0 bridgehead atoms. The molecule has 0 amide bonds. The van der Waals surface area contributed by atoms with E-state index in [2.05, 4.69) is 76.5 Å². The van der Waals surface area contributed by atoms with Crippen molar-refractivity contribution in [2.24, 2.45) is 0 Å². The van der Waals surface area contributed by atoms with Crippen molar-refractivity contribution in [1.82, 2.24) is 4.90 Å². The fraction of sp³-hybridized carbons (Fsp3) is 0.333. The van der Waals surface area contributed by atoms with Gasteiger partial charge in [-0.25, -0.2) is 0 Å². The molecule has 0 aliphatic carbocycles. The summed E-state index contributed by atoms with van der Waals surface area (Å²) in [4.78, 5) is 3.92. The van der Waals surface area contributed by atoms with Crippen LogP contribution >= 0.6 is 27.3 Å². The second-order valence-electron chi connectivity index (χ2n) is 4.71. The Morgan fingerprint density at radius 1 is 1.17 bits per heavy atom. The largest absolute Gasteiger partial charge is 0.292 e. The normalized spacial score (nSPS) is 11.4. The van der Waals surface area contributed by atoms with E-state index in [1.54, 1.807) is 0 Å². The first-order chi connectivity index (χ1) is 8.65. The zero-order valence-electron chi connectivity index (χ0n) is 10.8. The molecule has 1 heterocycles. The van der Waals surface area contributed by atoms with Gasteiger partial charge in [0.15, 0.2) is 0 Å². The molecule has 0 unspecified atom stereocenters. The van der Waals surface area contributed by atoms with Crippen molar-refractivity contribution in [3.63, 3.8) is 0 Å². The van der Waals surface area contributed by atoms with E-state index in [0.29, 0.717) is 6.04 Å². The summed E-state index contributed by atoms with van der Waals surface area (Å²) in [6.07, 6.45) is 0. The molecule has 2 aromatic rings. The molecule has 18 heavy (non-hydrogen) atoms. The summed E-state index contributed by atoms with van der Waals surface area (Å²) in [7, 11) is 0. The smallest absolute Gasteiger partial charge is 0.0334 e. The Morgan fingerprint density at radius 2 is 2.00 bits per heavy atom. The summed E-state index contributed by atoms with van der Waals surface area (Å²) >= 11 is 5.36. The van der Waals surface area contributed by atoms with E-state index in [1.165, 1.54) is 10.4 Å². The molecule has 0 radical (unpaired) electrons. The number of halogens is 1. The number of benzene rings is 1. The molecule has 0 saturated carbocycles. The lowest BCUT2D eigenvalue weighted by molar-refractivity contribution is 0.205. The summed E-state index contributed by atoms with van der Waals surface area (Å²) in [6.45, 7) is 6.54. The topological polar surface area (TPSA) is 3.24 Å². The molecule has 2 rings (SSSR count). The Morgan fingerprint density at radius 3 is 2.61 bits per heavy atom. The van der Waals surface area contributed by atoms with Gasteiger partial charge in [-0.05, 0) is 43.0 Å². The van der Waals surface area contributed by atoms with Gasteiger partial charge in [-0.15, -0.1) is 11.3 Å². The van der Waals surface area contributed by atoms with Gasteiger partial charge < -0.3 is 0 Å². The van der Waals surface area contributed by atoms with Crippen molar-refractivity contribution in [3.05, 3.63) is 56.7 Å². The monoisotopic (exact) mass is 323 g/mol. The van der Waals surface area contributed by atoms with Crippen molar-refractivity contribution in [2.75, 3.05) is 0 Å². The predicted molar refractivity (Wildman–Crippen MR) is 82.8 cm³/mol. The van der Waals surface area contributed by atoms with Crippen molar-refractivity contribution >= 4 is 27.3 Å². The van der Waals surface area contributed by atoms with Gasteiger partial charge in [0.1, 0.15) is 0 Å². The molecule has 0 aliphatic heterocycles. The first-order valence-electron chi connectivity index (χ1n) is 6.16. The summed E-state index contributed by atoms with van der Waals surface area (Å²) in [5.74, 6) is 0. The quantitative estimate of drug-likeness (QED) is 0.754. The van der Waals surface area contributed by atoms with Crippen molar-refractivity contribution in [1.29, 1.82) is 0 Å². The van der Waals surface area contributed by atoms with E-state index >= 15 is 0 Å². The fourth-order valence-electron chi connectivity index (χ4n) is 1.89. The Hall–Kier alpha value is -0.640. The first-order valence-corrected chi connectivity index (χ1v) is 7.83. The molecule has 96 valence electrons. The standard InChI is InChI=1S/C15H18BrNS/c1-12(2)17(11-15-7-4-8-18-15)10-13-5-3-6-14(16)9-13/h3-9,12H,10-11H2,1-2H3. The third-order valence-electron chi connectivity index (χ3n) is 2.94. The number of nitrogens with zero attached hydrogens (tertiary/aromatic N) is 1. The van der Waals surface area contributed by atoms with E-state index in [-0.39, 0.29) is 0 Å². The van der Waals surface area contributed by atoms with Crippen LogP contribution in [-0.4, -0.2) is 10.9 Å². The summed E-state index contributed by atoms with van der Waals surface area (Å²) in [5.41, 5.74) is 1.36. The van der Waals surface area contributed by atoms with Gasteiger partial charge in [-0.3, -0.25) is 4.90 Å². The Bertz CT molecular complexity index is 479. The van der Waals surface area contributed by atoms with Crippen molar-refractivity contribution in [3.8, 4) is 0 Å². The number of rotatable bonds is 5. The minimum atomic E-state index is 0.547. The van der Waals surface area contributed by atoms with Gasteiger partial charge in [-0.2, -0.15) is 0 Å². The van der Waals surface area contributed by atoms with E-state index in [1.807, 2.05) is 11.3 Å². The van der Waals surface area contributed by atoms with Crippen LogP contribution in [0.4, 0.5) is 0 Å². The highest BCUT2D eigenvalue weighted by molar-refractivity contribution is 9.10. The third kappa shape index (κ3) is 3.94. The summed E-state index contributed by atoms with van der Waals surface area (Å²) in [5, 5.41) is 2.15. The van der Waals surface area contributed by atoms with Gasteiger partial charge in [0, 0.05) is 28.5 Å². The second kappa shape index (κ2) is 6.50. The third-order valence-corrected chi connectivity index (χ3v) is 4.30. The highest BCUT2D eigenvalue weighted by Gasteiger charge is 2.11. The molecule has 0 saturated heterocycles. The Balaban J connectivity index is 2.07. The average Bonchev–Trinajstić information content (AvgIpc) is 2.81. The molecular weight excluding hydrogens is 306 g/mol. The average molecular weight is 324 g/mol. The van der Waals surface area contributed by atoms with Crippen LogP contribution in [0.2, 0.25) is 0 Å². The van der Waals surface area contributed by atoms with Gasteiger partial charge in [-0.1, -0.05) is 34.1 Å². The molecule has 0 aliphatic rings. The van der Waals surface area contributed by atoms with Crippen molar-refractivity contribution in [2.45, 2.75) is 33.0 Å². The van der Waals surface area contributed by atoms with Crippen molar-refractivity contribution < 1.29 is 0 Å². The Labute approximate surface area is 122 Å². The van der Waals surface area contributed by atoms with Crippen LogP contribution in [0.5, 0.6) is 0 Å². The second-order valence-corrected chi connectivity index (χ2v) is 6.66. The number of hydrogen-bond donors (Lipinski definition) is 0. The van der Waals surface area contributed by atoms with E-state index in [9.17, 15) is 0 Å². The lowest BCUT2D eigenvalue weighted by Crippen LogP contribution is -2.29. The van der Waals surface area contributed by atoms with Crippen LogP contribution in [0.15, 0.2) is 46.3 Å². The van der Waals surface area contributed by atoms with Crippen LogP contribution in [0.1, 0.15) is 24.3 Å². The van der Waals surface area contributed by atoms with Crippen LogP contribution in [0, 0.1) is 0 Å². The molecule has 3 heteroatoms. The minimum absolute atomic E-state index is 0.547. The van der Waals surface area contributed by atoms with Crippen LogP contribution in [-0.2, 0) is 13.1 Å². The number of hydrogen-bond acceptors (Lipinski definition) is 2. The van der Waals surface area contributed by atoms with E-state index in [4.69, 9.17) is 0 Å². The maximum atomic E-state index is 3.53.